The Bertz CT molecular complexity index is 247. The Morgan fingerprint density at radius 3 is 2.41 bits per heavy atom. The van der Waals surface area contributed by atoms with E-state index in [2.05, 4.69) is 0 Å². The molecule has 0 aromatic carbocycles. The van der Waals surface area contributed by atoms with Crippen LogP contribution in [0.5, 0.6) is 0 Å². The molecule has 1 atom stereocenters. The summed E-state index contributed by atoms with van der Waals surface area (Å²) in [5.74, 6) is 0.404. The van der Waals surface area contributed by atoms with E-state index < -0.39 is 0 Å². The molecule has 4 nitrogen and oxygen atoms in total. The number of hydrogen-bond donors (Lipinski definition) is 2. The van der Waals surface area contributed by atoms with E-state index in [9.17, 15) is 4.79 Å². The summed E-state index contributed by atoms with van der Waals surface area (Å²) in [7, 11) is 0. The van der Waals surface area contributed by atoms with Crippen molar-refractivity contribution in [3.8, 4) is 0 Å². The van der Waals surface area contributed by atoms with Gasteiger partial charge in [-0.25, -0.2) is 0 Å². The summed E-state index contributed by atoms with van der Waals surface area (Å²) >= 11 is 0. The summed E-state index contributed by atoms with van der Waals surface area (Å²) in [6, 6.07) is 0. The summed E-state index contributed by atoms with van der Waals surface area (Å²) in [6.45, 7) is 5.92. The number of Topliss-reactive ketones (excluding diaryl/α,β-unsaturated/α-hetero) is 1. The van der Waals surface area contributed by atoms with Crippen molar-refractivity contribution in [3.05, 3.63) is 0 Å². The van der Waals surface area contributed by atoms with Crippen molar-refractivity contribution in [1.29, 1.82) is 0 Å². The zero-order chi connectivity index (χ0) is 12.9. The molecule has 1 rings (SSSR count). The van der Waals surface area contributed by atoms with Gasteiger partial charge in [0.05, 0.1) is 13.2 Å². The molecule has 1 aliphatic carbocycles. The van der Waals surface area contributed by atoms with Crippen LogP contribution in [0.25, 0.3) is 0 Å². The Morgan fingerprint density at radius 1 is 1.29 bits per heavy atom. The second-order valence-electron chi connectivity index (χ2n) is 5.59. The summed E-state index contributed by atoms with van der Waals surface area (Å²) < 4.78 is 0. The number of aliphatic hydroxyl groups excluding tert-OH is 2. The van der Waals surface area contributed by atoms with Gasteiger partial charge >= 0.3 is 0 Å². The Labute approximate surface area is 104 Å². The van der Waals surface area contributed by atoms with E-state index in [1.54, 1.807) is 0 Å². The van der Waals surface area contributed by atoms with E-state index in [1.165, 1.54) is 0 Å². The van der Waals surface area contributed by atoms with Gasteiger partial charge < -0.3 is 10.2 Å². The number of rotatable bonds is 6. The van der Waals surface area contributed by atoms with Gasteiger partial charge in [-0.05, 0) is 12.8 Å². The number of nitrogens with zero attached hydrogens (tertiary/aromatic N) is 1. The van der Waals surface area contributed by atoms with Gasteiger partial charge in [-0.15, -0.1) is 0 Å². The third-order valence-corrected chi connectivity index (χ3v) is 3.70. The van der Waals surface area contributed by atoms with Gasteiger partial charge in [0.25, 0.3) is 0 Å². The molecule has 17 heavy (non-hydrogen) atoms. The van der Waals surface area contributed by atoms with Crippen LogP contribution in [0.1, 0.15) is 33.1 Å². The van der Waals surface area contributed by atoms with Crippen molar-refractivity contribution >= 4 is 5.78 Å². The van der Waals surface area contributed by atoms with Crippen LogP contribution < -0.4 is 0 Å². The minimum atomic E-state index is -0.201. The van der Waals surface area contributed by atoms with Gasteiger partial charge in [0.2, 0.25) is 0 Å². The average Bonchev–Trinajstić information content (AvgIpc) is 2.25. The van der Waals surface area contributed by atoms with Crippen LogP contribution in [-0.2, 0) is 4.79 Å². The molecule has 0 radical (unpaired) electrons. The van der Waals surface area contributed by atoms with Crippen LogP contribution in [0.2, 0.25) is 0 Å². The monoisotopic (exact) mass is 243 g/mol. The smallest absolute Gasteiger partial charge is 0.142 e. The first-order chi connectivity index (χ1) is 8.01. The zero-order valence-corrected chi connectivity index (χ0v) is 11.0. The van der Waals surface area contributed by atoms with Gasteiger partial charge in [-0.3, -0.25) is 9.69 Å². The highest BCUT2D eigenvalue weighted by molar-refractivity contribution is 5.87. The highest BCUT2D eigenvalue weighted by atomic mass is 16.3. The molecule has 1 fully saturated rings. The Balaban J connectivity index is 2.56. The molecular formula is C13H25NO3. The van der Waals surface area contributed by atoms with E-state index in [0.717, 1.165) is 19.3 Å². The molecule has 1 aliphatic rings. The Kier molecular flexibility index (Phi) is 5.56. The van der Waals surface area contributed by atoms with Crippen molar-refractivity contribution in [1.82, 2.24) is 4.90 Å². The van der Waals surface area contributed by atoms with Crippen LogP contribution in [-0.4, -0.2) is 53.7 Å². The lowest BCUT2D eigenvalue weighted by atomic mass is 9.71. The van der Waals surface area contributed by atoms with Gasteiger partial charge in [-0.1, -0.05) is 20.3 Å². The summed E-state index contributed by atoms with van der Waals surface area (Å²) in [5.41, 5.74) is -0.201. The van der Waals surface area contributed by atoms with Crippen molar-refractivity contribution in [3.63, 3.8) is 0 Å². The molecule has 0 aromatic heterocycles. The lowest BCUT2D eigenvalue weighted by Gasteiger charge is -2.36. The molecule has 100 valence electrons. The van der Waals surface area contributed by atoms with Crippen LogP contribution in [0.3, 0.4) is 0 Å². The molecule has 1 unspecified atom stereocenters. The van der Waals surface area contributed by atoms with E-state index in [1.807, 2.05) is 18.7 Å². The maximum absolute atomic E-state index is 12.2. The quantitative estimate of drug-likeness (QED) is 0.720. The SMILES string of the molecule is CC1(C)CCCC(CN(CCO)CCO)C1=O. The van der Waals surface area contributed by atoms with Gasteiger partial charge in [0.1, 0.15) is 5.78 Å². The first kappa shape index (κ1) is 14.6. The summed E-state index contributed by atoms with van der Waals surface area (Å²) in [4.78, 5) is 14.2. The summed E-state index contributed by atoms with van der Waals surface area (Å²) in [6.07, 6.45) is 3.01. The van der Waals surface area contributed by atoms with Crippen LogP contribution in [0, 0.1) is 11.3 Å². The van der Waals surface area contributed by atoms with Gasteiger partial charge in [0.15, 0.2) is 0 Å². The largest absolute Gasteiger partial charge is 0.395 e. The lowest BCUT2D eigenvalue weighted by molar-refractivity contribution is -0.135. The number of ketones is 1. The predicted octanol–water partition coefficient (Wildman–Crippen LogP) is 0.668. The molecular weight excluding hydrogens is 218 g/mol. The lowest BCUT2D eigenvalue weighted by Crippen LogP contribution is -2.43. The molecule has 1 saturated carbocycles. The molecule has 0 heterocycles. The van der Waals surface area contributed by atoms with Crippen molar-refractivity contribution in [2.24, 2.45) is 11.3 Å². The second kappa shape index (κ2) is 6.47. The van der Waals surface area contributed by atoms with E-state index in [-0.39, 0.29) is 24.5 Å². The predicted molar refractivity (Wildman–Crippen MR) is 66.7 cm³/mol. The molecule has 0 amide bonds. The highest BCUT2D eigenvalue weighted by Crippen LogP contribution is 2.35. The zero-order valence-electron chi connectivity index (χ0n) is 11.0. The molecule has 0 aromatic rings. The molecule has 2 N–H and O–H groups in total. The maximum atomic E-state index is 12.2. The number of carbonyl (C=O) groups excluding carboxylic acids is 1. The molecule has 0 spiro atoms. The minimum Gasteiger partial charge on any atom is -0.395 e. The third-order valence-electron chi connectivity index (χ3n) is 3.70. The van der Waals surface area contributed by atoms with Crippen LogP contribution in [0.15, 0.2) is 0 Å². The molecule has 4 heteroatoms. The van der Waals surface area contributed by atoms with Crippen molar-refractivity contribution in [2.75, 3.05) is 32.8 Å². The topological polar surface area (TPSA) is 60.8 Å². The molecule has 0 saturated heterocycles. The van der Waals surface area contributed by atoms with Gasteiger partial charge in [0, 0.05) is 31.0 Å². The minimum absolute atomic E-state index is 0.0665. The van der Waals surface area contributed by atoms with Gasteiger partial charge in [-0.2, -0.15) is 0 Å². The van der Waals surface area contributed by atoms with Crippen molar-refractivity contribution in [2.45, 2.75) is 33.1 Å². The standard InChI is InChI=1S/C13H25NO3/c1-13(2)5-3-4-11(12(13)17)10-14(6-8-15)7-9-16/h11,15-16H,3-10H2,1-2H3. The second-order valence-corrected chi connectivity index (χ2v) is 5.59. The van der Waals surface area contributed by atoms with E-state index >= 15 is 0 Å². The highest BCUT2D eigenvalue weighted by Gasteiger charge is 2.37. The fourth-order valence-corrected chi connectivity index (χ4v) is 2.66. The fourth-order valence-electron chi connectivity index (χ4n) is 2.66. The van der Waals surface area contributed by atoms with Crippen LogP contribution in [0.4, 0.5) is 0 Å². The fraction of sp³-hybridized carbons (Fsp3) is 0.923. The van der Waals surface area contributed by atoms with Crippen molar-refractivity contribution < 1.29 is 15.0 Å². The van der Waals surface area contributed by atoms with Crippen LogP contribution >= 0.6 is 0 Å². The first-order valence-corrected chi connectivity index (χ1v) is 6.49. The summed E-state index contributed by atoms with van der Waals surface area (Å²) in [5, 5.41) is 17.9. The number of aliphatic hydroxyl groups is 2. The number of carbonyl (C=O) groups is 1. The normalized spacial score (nSPS) is 24.3. The molecule has 0 bridgehead atoms. The Hall–Kier alpha value is -0.450. The Morgan fingerprint density at radius 2 is 1.88 bits per heavy atom. The van der Waals surface area contributed by atoms with E-state index in [0.29, 0.717) is 25.4 Å². The average molecular weight is 243 g/mol. The van der Waals surface area contributed by atoms with E-state index in [4.69, 9.17) is 10.2 Å². The maximum Gasteiger partial charge on any atom is 0.142 e. The molecule has 0 aliphatic heterocycles. The third kappa shape index (κ3) is 4.05. The number of hydrogen-bond acceptors (Lipinski definition) is 4. The first-order valence-electron chi connectivity index (χ1n) is 6.49.